The lowest BCUT2D eigenvalue weighted by Gasteiger charge is -2.31. The molecule has 25 heavy (non-hydrogen) atoms. The third kappa shape index (κ3) is 7.88. The second kappa shape index (κ2) is 11.1. The SMILES string of the molecule is CCN(CC)[C@@H](CNC(=O)CNC(=O)c1cccc(Cl)c1)CC(C)C. The minimum Gasteiger partial charge on any atom is -0.353 e. The van der Waals surface area contributed by atoms with Crippen LogP contribution in [0, 0.1) is 5.92 Å². The van der Waals surface area contributed by atoms with E-state index in [1.165, 1.54) is 0 Å². The van der Waals surface area contributed by atoms with Gasteiger partial charge in [-0.15, -0.1) is 0 Å². The number of nitrogens with one attached hydrogen (secondary N) is 2. The molecule has 5 nitrogen and oxygen atoms in total. The van der Waals surface area contributed by atoms with Gasteiger partial charge in [-0.25, -0.2) is 0 Å². The van der Waals surface area contributed by atoms with Crippen molar-refractivity contribution in [1.82, 2.24) is 15.5 Å². The van der Waals surface area contributed by atoms with Gasteiger partial charge in [0.1, 0.15) is 0 Å². The summed E-state index contributed by atoms with van der Waals surface area (Å²) in [6.07, 6.45) is 1.02. The van der Waals surface area contributed by atoms with Gasteiger partial charge in [-0.3, -0.25) is 14.5 Å². The summed E-state index contributed by atoms with van der Waals surface area (Å²) >= 11 is 5.87. The Bertz CT molecular complexity index is 559. The molecule has 0 radical (unpaired) electrons. The zero-order chi connectivity index (χ0) is 18.8. The summed E-state index contributed by atoms with van der Waals surface area (Å²) in [5.74, 6) is 0.0708. The maximum Gasteiger partial charge on any atom is 0.251 e. The second-order valence-electron chi connectivity index (χ2n) is 6.50. The van der Waals surface area contributed by atoms with Crippen molar-refractivity contribution >= 4 is 23.4 Å². The molecular weight excluding hydrogens is 338 g/mol. The number of carbonyl (C=O) groups is 2. The Morgan fingerprint density at radius 2 is 1.84 bits per heavy atom. The Morgan fingerprint density at radius 1 is 1.16 bits per heavy atom. The highest BCUT2D eigenvalue weighted by molar-refractivity contribution is 6.30. The first-order chi connectivity index (χ1) is 11.9. The van der Waals surface area contributed by atoms with E-state index in [2.05, 4.69) is 43.2 Å². The van der Waals surface area contributed by atoms with Gasteiger partial charge in [0.15, 0.2) is 0 Å². The number of hydrogen-bond donors (Lipinski definition) is 2. The smallest absolute Gasteiger partial charge is 0.251 e. The Labute approximate surface area is 156 Å². The normalized spacial score (nSPS) is 12.3. The number of likely N-dealkylation sites (N-methyl/N-ethyl adjacent to an activating group) is 1. The maximum atomic E-state index is 12.1. The van der Waals surface area contributed by atoms with Crippen molar-refractivity contribution in [2.24, 2.45) is 5.92 Å². The summed E-state index contributed by atoms with van der Waals surface area (Å²) in [4.78, 5) is 26.4. The first-order valence-corrected chi connectivity index (χ1v) is 9.29. The summed E-state index contributed by atoms with van der Waals surface area (Å²) in [7, 11) is 0. The average molecular weight is 368 g/mol. The first-order valence-electron chi connectivity index (χ1n) is 8.91. The third-order valence-corrected chi connectivity index (χ3v) is 4.34. The Morgan fingerprint density at radius 3 is 2.40 bits per heavy atom. The van der Waals surface area contributed by atoms with Crippen LogP contribution in [0.25, 0.3) is 0 Å². The van der Waals surface area contributed by atoms with E-state index in [4.69, 9.17) is 11.6 Å². The Hall–Kier alpha value is -1.59. The van der Waals surface area contributed by atoms with E-state index in [-0.39, 0.29) is 18.4 Å². The molecule has 0 aliphatic rings. The van der Waals surface area contributed by atoms with Gasteiger partial charge in [0.05, 0.1) is 6.54 Å². The fourth-order valence-electron chi connectivity index (χ4n) is 2.83. The van der Waals surface area contributed by atoms with Crippen LogP contribution in [0.1, 0.15) is 44.5 Å². The molecule has 0 unspecified atom stereocenters. The van der Waals surface area contributed by atoms with Crippen molar-refractivity contribution in [2.45, 2.75) is 40.2 Å². The lowest BCUT2D eigenvalue weighted by molar-refractivity contribution is -0.120. The van der Waals surface area contributed by atoms with Gasteiger partial charge in [-0.05, 0) is 43.6 Å². The lowest BCUT2D eigenvalue weighted by Crippen LogP contribution is -2.46. The quantitative estimate of drug-likeness (QED) is 0.668. The molecule has 140 valence electrons. The van der Waals surface area contributed by atoms with Crippen LogP contribution in [0.3, 0.4) is 0 Å². The molecule has 0 fully saturated rings. The molecule has 0 bridgehead atoms. The molecule has 1 aromatic carbocycles. The van der Waals surface area contributed by atoms with Crippen molar-refractivity contribution in [3.05, 3.63) is 34.9 Å². The number of nitrogens with zero attached hydrogens (tertiary/aromatic N) is 1. The van der Waals surface area contributed by atoms with Crippen molar-refractivity contribution in [2.75, 3.05) is 26.2 Å². The summed E-state index contributed by atoms with van der Waals surface area (Å²) in [6, 6.07) is 6.96. The molecule has 2 amide bonds. The monoisotopic (exact) mass is 367 g/mol. The summed E-state index contributed by atoms with van der Waals surface area (Å²) in [6.45, 7) is 11.1. The van der Waals surface area contributed by atoms with Crippen LogP contribution < -0.4 is 10.6 Å². The Balaban J connectivity index is 2.47. The molecule has 1 atom stereocenters. The fraction of sp³-hybridized carbons (Fsp3) is 0.579. The number of amides is 2. The van der Waals surface area contributed by atoms with Crippen LogP contribution in [0.5, 0.6) is 0 Å². The first kappa shape index (κ1) is 21.5. The minimum absolute atomic E-state index is 0.0437. The van der Waals surface area contributed by atoms with Crippen molar-refractivity contribution in [3.63, 3.8) is 0 Å². The molecule has 2 N–H and O–H groups in total. The predicted molar refractivity (Wildman–Crippen MR) is 103 cm³/mol. The third-order valence-electron chi connectivity index (χ3n) is 4.10. The zero-order valence-corrected chi connectivity index (χ0v) is 16.4. The van der Waals surface area contributed by atoms with Gasteiger partial charge in [-0.1, -0.05) is 45.4 Å². The van der Waals surface area contributed by atoms with Gasteiger partial charge in [0.2, 0.25) is 5.91 Å². The molecule has 0 aliphatic heterocycles. The molecule has 6 heteroatoms. The predicted octanol–water partition coefficient (Wildman–Crippen LogP) is 2.94. The molecule has 0 saturated heterocycles. The van der Waals surface area contributed by atoms with Crippen molar-refractivity contribution in [1.29, 1.82) is 0 Å². The highest BCUT2D eigenvalue weighted by Gasteiger charge is 2.18. The van der Waals surface area contributed by atoms with Gasteiger partial charge in [-0.2, -0.15) is 0 Å². The van der Waals surface area contributed by atoms with E-state index in [1.54, 1.807) is 24.3 Å². The number of benzene rings is 1. The van der Waals surface area contributed by atoms with Crippen LogP contribution in [0.2, 0.25) is 5.02 Å². The Kier molecular flexibility index (Phi) is 9.53. The van der Waals surface area contributed by atoms with Crippen molar-refractivity contribution in [3.8, 4) is 0 Å². The van der Waals surface area contributed by atoms with E-state index in [9.17, 15) is 9.59 Å². The minimum atomic E-state index is -0.305. The molecule has 0 aromatic heterocycles. The van der Waals surface area contributed by atoms with E-state index in [0.29, 0.717) is 29.1 Å². The number of hydrogen-bond acceptors (Lipinski definition) is 3. The van der Waals surface area contributed by atoms with Crippen molar-refractivity contribution < 1.29 is 9.59 Å². The van der Waals surface area contributed by atoms with E-state index >= 15 is 0 Å². The molecule has 0 spiro atoms. The molecule has 0 saturated carbocycles. The zero-order valence-electron chi connectivity index (χ0n) is 15.6. The topological polar surface area (TPSA) is 61.4 Å². The van der Waals surface area contributed by atoms with E-state index in [0.717, 1.165) is 19.5 Å². The highest BCUT2D eigenvalue weighted by atomic mass is 35.5. The number of carbonyl (C=O) groups excluding carboxylic acids is 2. The summed E-state index contributed by atoms with van der Waals surface area (Å²) < 4.78 is 0. The van der Waals surface area contributed by atoms with Gasteiger partial charge in [0.25, 0.3) is 5.91 Å². The van der Waals surface area contributed by atoms with Crippen LogP contribution in [0.4, 0.5) is 0 Å². The largest absolute Gasteiger partial charge is 0.353 e. The lowest BCUT2D eigenvalue weighted by atomic mass is 10.0. The van der Waals surface area contributed by atoms with Crippen LogP contribution in [-0.2, 0) is 4.79 Å². The molecule has 0 heterocycles. The number of halogens is 1. The maximum absolute atomic E-state index is 12.1. The molecule has 1 rings (SSSR count). The standard InChI is InChI=1S/C19H30ClN3O2/c1-5-23(6-2)17(10-14(3)4)12-21-18(24)13-22-19(25)15-8-7-9-16(20)11-15/h7-9,11,14,17H,5-6,10,12-13H2,1-4H3,(H,21,24)(H,22,25)/t17-/m1/s1. The van der Waals surface area contributed by atoms with Gasteiger partial charge in [0, 0.05) is 23.2 Å². The summed E-state index contributed by atoms with van der Waals surface area (Å²) in [5, 5.41) is 6.05. The van der Waals surface area contributed by atoms with Crippen LogP contribution in [-0.4, -0.2) is 48.9 Å². The fourth-order valence-corrected chi connectivity index (χ4v) is 3.02. The van der Waals surface area contributed by atoms with E-state index in [1.807, 2.05) is 0 Å². The van der Waals surface area contributed by atoms with Gasteiger partial charge < -0.3 is 10.6 Å². The molecular formula is C19H30ClN3O2. The molecule has 0 aliphatic carbocycles. The second-order valence-corrected chi connectivity index (χ2v) is 6.94. The van der Waals surface area contributed by atoms with E-state index < -0.39 is 0 Å². The molecule has 1 aromatic rings. The van der Waals surface area contributed by atoms with Crippen LogP contribution in [0.15, 0.2) is 24.3 Å². The highest BCUT2D eigenvalue weighted by Crippen LogP contribution is 2.11. The number of rotatable bonds is 10. The van der Waals surface area contributed by atoms with Crippen LogP contribution >= 0.6 is 11.6 Å². The van der Waals surface area contributed by atoms with Gasteiger partial charge >= 0.3 is 0 Å². The average Bonchev–Trinajstić information content (AvgIpc) is 2.57. The summed E-state index contributed by atoms with van der Waals surface area (Å²) in [5.41, 5.74) is 0.445.